The third-order valence-corrected chi connectivity index (χ3v) is 4.60. The van der Waals surface area contributed by atoms with E-state index in [1.54, 1.807) is 13.2 Å². The molecule has 0 spiro atoms. The molecule has 0 bridgehead atoms. The fraction of sp³-hybridized carbons (Fsp3) is 0.0476. The summed E-state index contributed by atoms with van der Waals surface area (Å²) in [6, 6.07) is 21.4. The minimum Gasteiger partial charge on any atom is -0.497 e. The first kappa shape index (κ1) is 16.3. The van der Waals surface area contributed by atoms with E-state index in [0.29, 0.717) is 22.2 Å². The molecule has 1 N–H and O–H groups in total. The van der Waals surface area contributed by atoms with E-state index in [9.17, 15) is 4.79 Å². The summed E-state index contributed by atoms with van der Waals surface area (Å²) in [4.78, 5) is 14.4. The second-order valence-electron chi connectivity index (χ2n) is 5.90. The summed E-state index contributed by atoms with van der Waals surface area (Å²) >= 11 is 5.38. The van der Waals surface area contributed by atoms with Crippen molar-refractivity contribution < 1.29 is 9.53 Å². The number of benzene rings is 3. The summed E-state index contributed by atoms with van der Waals surface area (Å²) in [5, 5.41) is 5.60. The van der Waals surface area contributed by atoms with E-state index >= 15 is 0 Å². The van der Waals surface area contributed by atoms with Crippen molar-refractivity contribution in [3.8, 4) is 5.75 Å². The van der Waals surface area contributed by atoms with Crippen molar-refractivity contribution in [2.75, 3.05) is 12.0 Å². The summed E-state index contributed by atoms with van der Waals surface area (Å²) < 4.78 is 5.24. The van der Waals surface area contributed by atoms with Gasteiger partial charge in [0.05, 0.1) is 12.8 Å². The fourth-order valence-electron chi connectivity index (χ4n) is 3.05. The second kappa shape index (κ2) is 6.61. The van der Waals surface area contributed by atoms with Gasteiger partial charge in [-0.2, -0.15) is 0 Å². The molecule has 1 fully saturated rings. The van der Waals surface area contributed by atoms with E-state index in [-0.39, 0.29) is 5.91 Å². The van der Waals surface area contributed by atoms with Crippen LogP contribution in [0.15, 0.2) is 72.4 Å². The number of nitrogens with zero attached hydrogens (tertiary/aromatic N) is 1. The van der Waals surface area contributed by atoms with Crippen molar-refractivity contribution in [1.82, 2.24) is 5.32 Å². The number of carbonyl (C=O) groups is 1. The van der Waals surface area contributed by atoms with Crippen LogP contribution in [0.25, 0.3) is 16.8 Å². The van der Waals surface area contributed by atoms with Crippen LogP contribution in [0.5, 0.6) is 5.75 Å². The maximum absolute atomic E-state index is 12.9. The van der Waals surface area contributed by atoms with Gasteiger partial charge in [-0.3, -0.25) is 9.69 Å². The number of carbonyl (C=O) groups excluding carboxylic acids is 1. The average molecular weight is 360 g/mol. The van der Waals surface area contributed by atoms with Crippen LogP contribution in [0.4, 0.5) is 5.69 Å². The quantitative estimate of drug-likeness (QED) is 0.564. The first-order chi connectivity index (χ1) is 12.7. The number of ether oxygens (including phenoxy) is 1. The van der Waals surface area contributed by atoms with Crippen LogP contribution in [0.2, 0.25) is 0 Å². The van der Waals surface area contributed by atoms with Crippen LogP contribution in [0.1, 0.15) is 5.56 Å². The number of methoxy groups -OCH3 is 1. The second-order valence-corrected chi connectivity index (χ2v) is 6.29. The Morgan fingerprint density at radius 3 is 2.65 bits per heavy atom. The van der Waals surface area contributed by atoms with Gasteiger partial charge in [0, 0.05) is 6.07 Å². The molecule has 1 aliphatic heterocycles. The maximum Gasteiger partial charge on any atom is 0.281 e. The summed E-state index contributed by atoms with van der Waals surface area (Å²) in [5.41, 5.74) is 2.09. The van der Waals surface area contributed by atoms with E-state index in [1.807, 2.05) is 54.6 Å². The zero-order chi connectivity index (χ0) is 18.1. The van der Waals surface area contributed by atoms with E-state index in [1.165, 1.54) is 4.90 Å². The monoisotopic (exact) mass is 360 g/mol. The lowest BCUT2D eigenvalue weighted by atomic mass is 10.0. The van der Waals surface area contributed by atoms with Gasteiger partial charge < -0.3 is 10.1 Å². The Bertz CT molecular complexity index is 1050. The number of fused-ring (bicyclic) bond motifs is 1. The average Bonchev–Trinajstić information content (AvgIpc) is 2.95. The molecule has 0 radical (unpaired) electrons. The van der Waals surface area contributed by atoms with Gasteiger partial charge in [0.15, 0.2) is 5.11 Å². The predicted molar refractivity (Wildman–Crippen MR) is 108 cm³/mol. The normalized spacial score (nSPS) is 15.6. The molecule has 1 saturated heterocycles. The summed E-state index contributed by atoms with van der Waals surface area (Å²) in [5.74, 6) is 0.487. The van der Waals surface area contributed by atoms with Gasteiger partial charge in [0.1, 0.15) is 11.4 Å². The maximum atomic E-state index is 12.9. The molecule has 1 amide bonds. The molecule has 3 aromatic rings. The van der Waals surface area contributed by atoms with Crippen LogP contribution >= 0.6 is 12.2 Å². The molecule has 5 heteroatoms. The molecule has 0 atom stereocenters. The highest BCUT2D eigenvalue weighted by Gasteiger charge is 2.32. The van der Waals surface area contributed by atoms with Gasteiger partial charge in [-0.1, -0.05) is 48.5 Å². The van der Waals surface area contributed by atoms with Crippen LogP contribution in [-0.2, 0) is 4.79 Å². The zero-order valence-corrected chi connectivity index (χ0v) is 14.9. The highest BCUT2D eigenvalue weighted by atomic mass is 32.1. The summed E-state index contributed by atoms with van der Waals surface area (Å²) in [6.07, 6.45) is 1.84. The SMILES string of the molecule is COc1cccc(N2C(=O)C(=Cc3cccc4ccccc34)NC2=S)c1. The Kier molecular flexibility index (Phi) is 4.14. The minimum absolute atomic E-state index is 0.184. The topological polar surface area (TPSA) is 41.6 Å². The molecule has 3 aromatic carbocycles. The molecule has 0 saturated carbocycles. The first-order valence-corrected chi connectivity index (χ1v) is 8.57. The van der Waals surface area contributed by atoms with Crippen molar-refractivity contribution in [1.29, 1.82) is 0 Å². The molecule has 0 aromatic heterocycles. The number of amides is 1. The van der Waals surface area contributed by atoms with Gasteiger partial charge in [-0.25, -0.2) is 0 Å². The van der Waals surface area contributed by atoms with Crippen molar-refractivity contribution in [3.05, 3.63) is 78.0 Å². The molecule has 1 heterocycles. The van der Waals surface area contributed by atoms with Crippen molar-refractivity contribution in [3.63, 3.8) is 0 Å². The summed E-state index contributed by atoms with van der Waals surface area (Å²) in [6.45, 7) is 0. The zero-order valence-electron chi connectivity index (χ0n) is 14.1. The van der Waals surface area contributed by atoms with Crippen LogP contribution in [-0.4, -0.2) is 18.1 Å². The Morgan fingerprint density at radius 2 is 1.81 bits per heavy atom. The van der Waals surface area contributed by atoms with Crippen LogP contribution in [0.3, 0.4) is 0 Å². The highest BCUT2D eigenvalue weighted by molar-refractivity contribution is 7.80. The van der Waals surface area contributed by atoms with E-state index in [0.717, 1.165) is 16.3 Å². The van der Waals surface area contributed by atoms with E-state index < -0.39 is 0 Å². The smallest absolute Gasteiger partial charge is 0.281 e. The Morgan fingerprint density at radius 1 is 1.04 bits per heavy atom. The standard InChI is InChI=1S/C21H16N2O2S/c1-25-17-10-5-9-16(13-17)23-20(24)19(22-21(23)26)12-15-8-4-7-14-6-2-3-11-18(14)15/h2-13H,1H3,(H,22,26). The van der Waals surface area contributed by atoms with Gasteiger partial charge >= 0.3 is 0 Å². The molecule has 4 rings (SSSR count). The molecular formula is C21H16N2O2S. The molecule has 0 unspecified atom stereocenters. The van der Waals surface area contributed by atoms with Gasteiger partial charge in [-0.05, 0) is 46.8 Å². The molecular weight excluding hydrogens is 344 g/mol. The number of hydrogen-bond acceptors (Lipinski definition) is 3. The van der Waals surface area contributed by atoms with Crippen molar-refractivity contribution in [2.45, 2.75) is 0 Å². The molecule has 0 aliphatic carbocycles. The molecule has 128 valence electrons. The van der Waals surface area contributed by atoms with Crippen molar-refractivity contribution in [2.24, 2.45) is 0 Å². The van der Waals surface area contributed by atoms with Gasteiger partial charge in [-0.15, -0.1) is 0 Å². The highest BCUT2D eigenvalue weighted by Crippen LogP contribution is 2.27. The Labute approximate surface area is 156 Å². The molecule has 1 aliphatic rings. The number of nitrogens with one attached hydrogen (secondary N) is 1. The van der Waals surface area contributed by atoms with Gasteiger partial charge in [0.25, 0.3) is 5.91 Å². The largest absolute Gasteiger partial charge is 0.497 e. The third kappa shape index (κ3) is 2.82. The van der Waals surface area contributed by atoms with E-state index in [4.69, 9.17) is 17.0 Å². The van der Waals surface area contributed by atoms with E-state index in [2.05, 4.69) is 17.4 Å². The van der Waals surface area contributed by atoms with Gasteiger partial charge in [0.2, 0.25) is 0 Å². The van der Waals surface area contributed by atoms with Crippen molar-refractivity contribution >= 4 is 45.8 Å². The predicted octanol–water partition coefficient (Wildman–Crippen LogP) is 4.11. The Balaban J connectivity index is 1.73. The Hall–Kier alpha value is -3.18. The minimum atomic E-state index is -0.184. The first-order valence-electron chi connectivity index (χ1n) is 8.16. The molecule has 26 heavy (non-hydrogen) atoms. The number of thiocarbonyl (C=S) groups is 1. The number of rotatable bonds is 3. The third-order valence-electron chi connectivity index (χ3n) is 4.31. The number of hydrogen-bond donors (Lipinski definition) is 1. The summed E-state index contributed by atoms with van der Waals surface area (Å²) in [7, 11) is 1.59. The fourth-order valence-corrected chi connectivity index (χ4v) is 3.35. The van der Waals surface area contributed by atoms with Crippen LogP contribution < -0.4 is 15.0 Å². The lowest BCUT2D eigenvalue weighted by Crippen LogP contribution is -2.30. The lowest BCUT2D eigenvalue weighted by Gasteiger charge is -2.14. The number of anilines is 1. The lowest BCUT2D eigenvalue weighted by molar-refractivity contribution is -0.113. The van der Waals surface area contributed by atoms with Crippen LogP contribution in [0, 0.1) is 0 Å². The molecule has 4 nitrogen and oxygen atoms in total.